The maximum atomic E-state index is 14.0. The normalized spacial score (nSPS) is 11.8. The number of hydrogen-bond donors (Lipinski definition) is 0. The van der Waals surface area contributed by atoms with Crippen molar-refractivity contribution in [1.29, 1.82) is 5.26 Å². The number of benzene rings is 2. The van der Waals surface area contributed by atoms with Gasteiger partial charge in [0, 0.05) is 11.1 Å². The standard InChI is InChI=1S/C16H10ClF2NO/c1-9-7-10(5-6-14(9)18)16(21)12(8-20)11-3-2-4-13(17)15(11)19/h2-7,12H,1H3. The highest BCUT2D eigenvalue weighted by Gasteiger charge is 2.26. The molecule has 0 bridgehead atoms. The number of ketones is 1. The minimum atomic E-state index is -1.33. The van der Waals surface area contributed by atoms with Crippen LogP contribution < -0.4 is 0 Å². The van der Waals surface area contributed by atoms with Crippen LogP contribution in [0.2, 0.25) is 5.02 Å². The fourth-order valence-corrected chi connectivity index (χ4v) is 2.16. The molecular formula is C16H10ClF2NO. The molecule has 106 valence electrons. The maximum Gasteiger partial charge on any atom is 0.184 e. The van der Waals surface area contributed by atoms with Crippen molar-refractivity contribution >= 4 is 17.4 Å². The van der Waals surface area contributed by atoms with E-state index in [9.17, 15) is 18.8 Å². The molecule has 0 aliphatic rings. The minimum Gasteiger partial charge on any atom is -0.292 e. The van der Waals surface area contributed by atoms with Crippen LogP contribution in [0.5, 0.6) is 0 Å². The summed E-state index contributed by atoms with van der Waals surface area (Å²) in [4.78, 5) is 12.3. The van der Waals surface area contributed by atoms with E-state index in [1.54, 1.807) is 6.07 Å². The van der Waals surface area contributed by atoms with Crippen molar-refractivity contribution in [3.05, 3.63) is 69.7 Å². The summed E-state index contributed by atoms with van der Waals surface area (Å²) in [6, 6.07) is 9.67. The zero-order valence-corrected chi connectivity index (χ0v) is 11.8. The van der Waals surface area contributed by atoms with E-state index in [0.29, 0.717) is 0 Å². The monoisotopic (exact) mass is 305 g/mol. The van der Waals surface area contributed by atoms with Crippen molar-refractivity contribution in [3.8, 4) is 6.07 Å². The molecule has 0 aliphatic carbocycles. The lowest BCUT2D eigenvalue weighted by Crippen LogP contribution is -2.13. The third-order valence-electron chi connectivity index (χ3n) is 3.13. The number of halogens is 3. The summed E-state index contributed by atoms with van der Waals surface area (Å²) in [7, 11) is 0. The number of carbonyl (C=O) groups excluding carboxylic acids is 1. The van der Waals surface area contributed by atoms with Crippen LogP contribution in [0.25, 0.3) is 0 Å². The van der Waals surface area contributed by atoms with Gasteiger partial charge in [0.2, 0.25) is 0 Å². The lowest BCUT2D eigenvalue weighted by Gasteiger charge is -2.11. The third-order valence-corrected chi connectivity index (χ3v) is 3.42. The van der Waals surface area contributed by atoms with Crippen molar-refractivity contribution in [2.24, 2.45) is 0 Å². The fraction of sp³-hybridized carbons (Fsp3) is 0.125. The Labute approximate surface area is 125 Å². The SMILES string of the molecule is Cc1cc(C(=O)C(C#N)c2cccc(Cl)c2F)ccc1F. The highest BCUT2D eigenvalue weighted by molar-refractivity contribution is 6.30. The van der Waals surface area contributed by atoms with Gasteiger partial charge in [-0.25, -0.2) is 8.78 Å². The van der Waals surface area contributed by atoms with Crippen molar-refractivity contribution in [2.45, 2.75) is 12.8 Å². The summed E-state index contributed by atoms with van der Waals surface area (Å²) in [5, 5.41) is 9.04. The number of rotatable bonds is 3. The second-order valence-corrected chi connectivity index (χ2v) is 4.94. The Morgan fingerprint density at radius 3 is 2.62 bits per heavy atom. The van der Waals surface area contributed by atoms with Gasteiger partial charge in [0.15, 0.2) is 5.78 Å². The van der Waals surface area contributed by atoms with Gasteiger partial charge in [0.25, 0.3) is 0 Å². The zero-order chi connectivity index (χ0) is 15.6. The molecule has 0 fully saturated rings. The Morgan fingerprint density at radius 1 is 1.29 bits per heavy atom. The number of carbonyl (C=O) groups is 1. The van der Waals surface area contributed by atoms with Crippen LogP contribution in [-0.4, -0.2) is 5.78 Å². The number of hydrogen-bond acceptors (Lipinski definition) is 2. The molecule has 2 aromatic carbocycles. The molecule has 1 atom stereocenters. The van der Waals surface area contributed by atoms with Crippen molar-refractivity contribution in [2.75, 3.05) is 0 Å². The quantitative estimate of drug-likeness (QED) is 0.788. The predicted octanol–water partition coefficient (Wildman–Crippen LogP) is 4.42. The average molecular weight is 306 g/mol. The van der Waals surface area contributed by atoms with E-state index >= 15 is 0 Å². The maximum absolute atomic E-state index is 14.0. The summed E-state index contributed by atoms with van der Waals surface area (Å²) >= 11 is 5.67. The Balaban J connectivity index is 2.46. The van der Waals surface area contributed by atoms with Crippen molar-refractivity contribution < 1.29 is 13.6 Å². The lowest BCUT2D eigenvalue weighted by molar-refractivity contribution is 0.0977. The summed E-state index contributed by atoms with van der Waals surface area (Å²) in [5.74, 6) is -3.16. The molecule has 0 radical (unpaired) electrons. The molecule has 0 aliphatic heterocycles. The molecule has 0 heterocycles. The van der Waals surface area contributed by atoms with Crippen molar-refractivity contribution in [1.82, 2.24) is 0 Å². The molecule has 0 spiro atoms. The van der Waals surface area contributed by atoms with Crippen LogP contribution in [0, 0.1) is 29.9 Å². The predicted molar refractivity (Wildman–Crippen MR) is 75.2 cm³/mol. The number of nitrogens with zero attached hydrogens (tertiary/aromatic N) is 1. The Hall–Kier alpha value is -2.25. The first kappa shape index (κ1) is 15.1. The van der Waals surface area contributed by atoms with Crippen LogP contribution in [0.15, 0.2) is 36.4 Å². The minimum absolute atomic E-state index is 0.0861. The van der Waals surface area contributed by atoms with Crippen LogP contribution in [0.3, 0.4) is 0 Å². The van der Waals surface area contributed by atoms with Gasteiger partial charge in [-0.05, 0) is 36.8 Å². The molecule has 5 heteroatoms. The lowest BCUT2D eigenvalue weighted by atomic mass is 9.91. The smallest absolute Gasteiger partial charge is 0.184 e. The molecule has 2 aromatic rings. The molecule has 1 unspecified atom stereocenters. The van der Waals surface area contributed by atoms with E-state index in [1.165, 1.54) is 37.3 Å². The number of Topliss-reactive ketones (excluding diaryl/α,β-unsaturated/α-hetero) is 1. The van der Waals surface area contributed by atoms with E-state index in [2.05, 4.69) is 0 Å². The van der Waals surface area contributed by atoms with Gasteiger partial charge < -0.3 is 0 Å². The zero-order valence-electron chi connectivity index (χ0n) is 11.0. The molecule has 2 nitrogen and oxygen atoms in total. The van der Waals surface area contributed by atoms with Gasteiger partial charge in [0.05, 0.1) is 11.1 Å². The second kappa shape index (κ2) is 6.02. The Kier molecular flexibility index (Phi) is 4.35. The van der Waals surface area contributed by atoms with Gasteiger partial charge in [-0.2, -0.15) is 5.26 Å². The van der Waals surface area contributed by atoms with Crippen LogP contribution in [0.1, 0.15) is 27.4 Å². The first-order chi connectivity index (χ1) is 9.95. The highest BCUT2D eigenvalue weighted by atomic mass is 35.5. The van der Waals surface area contributed by atoms with E-state index in [-0.39, 0.29) is 21.7 Å². The van der Waals surface area contributed by atoms with E-state index < -0.39 is 23.3 Å². The van der Waals surface area contributed by atoms with Crippen LogP contribution >= 0.6 is 11.6 Å². The summed E-state index contributed by atoms with van der Waals surface area (Å²) in [6.07, 6.45) is 0. The average Bonchev–Trinajstić information content (AvgIpc) is 2.47. The molecule has 0 saturated heterocycles. The summed E-state index contributed by atoms with van der Waals surface area (Å²) in [5.41, 5.74) is 0.348. The summed E-state index contributed by atoms with van der Waals surface area (Å²) < 4.78 is 27.2. The van der Waals surface area contributed by atoms with E-state index in [4.69, 9.17) is 11.6 Å². The molecule has 0 saturated carbocycles. The molecule has 0 amide bonds. The fourth-order valence-electron chi connectivity index (χ4n) is 1.98. The molecule has 0 aromatic heterocycles. The summed E-state index contributed by atoms with van der Waals surface area (Å²) in [6.45, 7) is 1.51. The molecular weight excluding hydrogens is 296 g/mol. The topological polar surface area (TPSA) is 40.9 Å². The largest absolute Gasteiger partial charge is 0.292 e. The Morgan fingerprint density at radius 2 is 2.00 bits per heavy atom. The van der Waals surface area contributed by atoms with Crippen LogP contribution in [0.4, 0.5) is 8.78 Å². The Bertz CT molecular complexity index is 752. The van der Waals surface area contributed by atoms with Gasteiger partial charge in [0.1, 0.15) is 17.6 Å². The van der Waals surface area contributed by atoms with Gasteiger partial charge in [-0.15, -0.1) is 0 Å². The van der Waals surface area contributed by atoms with Crippen molar-refractivity contribution in [3.63, 3.8) is 0 Å². The number of nitriles is 1. The van der Waals surface area contributed by atoms with E-state index in [0.717, 1.165) is 6.07 Å². The van der Waals surface area contributed by atoms with Crippen LogP contribution in [-0.2, 0) is 0 Å². The first-order valence-corrected chi connectivity index (χ1v) is 6.47. The molecule has 0 N–H and O–H groups in total. The highest BCUT2D eigenvalue weighted by Crippen LogP contribution is 2.27. The third kappa shape index (κ3) is 2.93. The van der Waals surface area contributed by atoms with Gasteiger partial charge >= 0.3 is 0 Å². The number of aryl methyl sites for hydroxylation is 1. The van der Waals surface area contributed by atoms with Gasteiger partial charge in [-0.1, -0.05) is 23.7 Å². The first-order valence-electron chi connectivity index (χ1n) is 6.09. The molecule has 2 rings (SSSR count). The van der Waals surface area contributed by atoms with Gasteiger partial charge in [-0.3, -0.25) is 4.79 Å². The van der Waals surface area contributed by atoms with E-state index in [1.807, 2.05) is 0 Å². The second-order valence-electron chi connectivity index (χ2n) is 4.53. The molecule has 21 heavy (non-hydrogen) atoms.